The molecule has 2 nitrogen and oxygen atoms in total. The molecule has 3 heteroatoms. The number of aromatic nitrogens is 1. The molecule has 0 saturated heterocycles. The summed E-state index contributed by atoms with van der Waals surface area (Å²) >= 11 is 3.40. The van der Waals surface area contributed by atoms with E-state index in [9.17, 15) is 0 Å². The van der Waals surface area contributed by atoms with Crippen molar-refractivity contribution in [1.82, 2.24) is 4.98 Å². The molecule has 0 fully saturated rings. The van der Waals surface area contributed by atoms with Crippen molar-refractivity contribution in [3.63, 3.8) is 0 Å². The van der Waals surface area contributed by atoms with Crippen molar-refractivity contribution >= 4 is 15.9 Å². The highest BCUT2D eigenvalue weighted by molar-refractivity contribution is 9.10. The van der Waals surface area contributed by atoms with Crippen molar-refractivity contribution in [3.05, 3.63) is 22.3 Å². The summed E-state index contributed by atoms with van der Waals surface area (Å²) in [6.45, 7) is 2.10. The lowest BCUT2D eigenvalue weighted by atomic mass is 10.2. The third-order valence-electron chi connectivity index (χ3n) is 1.50. The number of halogens is 1. The van der Waals surface area contributed by atoms with Crippen LogP contribution in [0.1, 0.15) is 12.5 Å². The van der Waals surface area contributed by atoms with E-state index in [2.05, 4.69) is 27.8 Å². The Morgan fingerprint density at radius 3 is 2.91 bits per heavy atom. The first-order valence-electron chi connectivity index (χ1n) is 3.46. The molecule has 1 rings (SSSR count). The Morgan fingerprint density at radius 1 is 1.64 bits per heavy atom. The highest BCUT2D eigenvalue weighted by Gasteiger charge is 1.99. The summed E-state index contributed by atoms with van der Waals surface area (Å²) in [6.07, 6.45) is 2.75. The third-order valence-corrected chi connectivity index (χ3v) is 2.21. The molecule has 0 aliphatic rings. The molecular formula is C8H10BrNO. The minimum atomic E-state index is 0.671. The lowest BCUT2D eigenvalue weighted by Crippen LogP contribution is -1.90. The van der Waals surface area contributed by atoms with Crippen LogP contribution in [0.5, 0.6) is 5.88 Å². The Balaban J connectivity index is 3.02. The lowest BCUT2D eigenvalue weighted by molar-refractivity contribution is 0.397. The topological polar surface area (TPSA) is 22.1 Å². The van der Waals surface area contributed by atoms with Crippen LogP contribution in [-0.4, -0.2) is 12.1 Å². The number of pyridine rings is 1. The van der Waals surface area contributed by atoms with Crippen molar-refractivity contribution in [2.75, 3.05) is 7.11 Å². The van der Waals surface area contributed by atoms with Crippen molar-refractivity contribution in [2.24, 2.45) is 0 Å². The van der Waals surface area contributed by atoms with E-state index in [1.54, 1.807) is 13.3 Å². The molecule has 0 aromatic carbocycles. The molecular weight excluding hydrogens is 206 g/mol. The second-order valence-electron chi connectivity index (χ2n) is 2.17. The van der Waals surface area contributed by atoms with Crippen molar-refractivity contribution in [2.45, 2.75) is 13.3 Å². The standard InChI is InChI=1S/C8H10BrNO/c1-3-6-4-8(11-2)10-5-7(6)9/h4-5H,3H2,1-2H3. The number of methoxy groups -OCH3 is 1. The molecule has 0 spiro atoms. The molecule has 0 aliphatic heterocycles. The molecule has 0 unspecified atom stereocenters. The first-order valence-corrected chi connectivity index (χ1v) is 4.25. The largest absolute Gasteiger partial charge is 0.481 e. The second-order valence-corrected chi connectivity index (χ2v) is 3.03. The predicted molar refractivity (Wildman–Crippen MR) is 47.9 cm³/mol. The van der Waals surface area contributed by atoms with E-state index in [1.165, 1.54) is 5.56 Å². The smallest absolute Gasteiger partial charge is 0.213 e. The SMILES string of the molecule is CCc1cc(OC)ncc1Br. The lowest BCUT2D eigenvalue weighted by Gasteiger charge is -2.02. The highest BCUT2D eigenvalue weighted by Crippen LogP contribution is 2.19. The highest BCUT2D eigenvalue weighted by atomic mass is 79.9. The van der Waals surface area contributed by atoms with E-state index in [0.29, 0.717) is 5.88 Å². The first-order chi connectivity index (χ1) is 5.27. The molecule has 1 aromatic heterocycles. The van der Waals surface area contributed by atoms with Crippen LogP contribution < -0.4 is 4.74 Å². The molecule has 0 atom stereocenters. The zero-order valence-corrected chi connectivity index (χ0v) is 8.18. The van der Waals surface area contributed by atoms with Gasteiger partial charge in [-0.3, -0.25) is 0 Å². The summed E-state index contributed by atoms with van der Waals surface area (Å²) in [5.41, 5.74) is 1.22. The minimum absolute atomic E-state index is 0.671. The molecule has 0 aliphatic carbocycles. The van der Waals surface area contributed by atoms with Gasteiger partial charge in [-0.2, -0.15) is 0 Å². The van der Waals surface area contributed by atoms with Crippen LogP contribution >= 0.6 is 15.9 Å². The van der Waals surface area contributed by atoms with E-state index >= 15 is 0 Å². The van der Waals surface area contributed by atoms with Gasteiger partial charge in [0.05, 0.1) is 7.11 Å². The van der Waals surface area contributed by atoms with Crippen LogP contribution in [0.4, 0.5) is 0 Å². The maximum absolute atomic E-state index is 4.98. The van der Waals surface area contributed by atoms with Gasteiger partial charge in [-0.05, 0) is 27.9 Å². The van der Waals surface area contributed by atoms with Crippen LogP contribution in [0.25, 0.3) is 0 Å². The number of hydrogen-bond donors (Lipinski definition) is 0. The van der Waals surface area contributed by atoms with Gasteiger partial charge in [0.1, 0.15) is 0 Å². The van der Waals surface area contributed by atoms with E-state index in [-0.39, 0.29) is 0 Å². The van der Waals surface area contributed by atoms with E-state index in [1.807, 2.05) is 6.07 Å². The number of ether oxygens (including phenoxy) is 1. The maximum Gasteiger partial charge on any atom is 0.213 e. The van der Waals surface area contributed by atoms with Crippen LogP contribution in [0, 0.1) is 0 Å². The normalized spacial score (nSPS) is 9.73. The van der Waals surface area contributed by atoms with Gasteiger partial charge in [0.15, 0.2) is 0 Å². The Bertz CT molecular complexity index is 250. The monoisotopic (exact) mass is 215 g/mol. The molecule has 1 heterocycles. The zero-order chi connectivity index (χ0) is 8.27. The van der Waals surface area contributed by atoms with E-state index in [4.69, 9.17) is 4.74 Å². The molecule has 0 saturated carbocycles. The van der Waals surface area contributed by atoms with Crippen LogP contribution in [-0.2, 0) is 6.42 Å². The van der Waals surface area contributed by atoms with Crippen molar-refractivity contribution in [1.29, 1.82) is 0 Å². The number of aryl methyl sites for hydroxylation is 1. The zero-order valence-electron chi connectivity index (χ0n) is 6.60. The van der Waals surface area contributed by atoms with Gasteiger partial charge in [-0.25, -0.2) is 4.98 Å². The molecule has 0 radical (unpaired) electrons. The Hall–Kier alpha value is -0.570. The average molecular weight is 216 g/mol. The van der Waals surface area contributed by atoms with Crippen LogP contribution in [0.2, 0.25) is 0 Å². The van der Waals surface area contributed by atoms with Gasteiger partial charge in [0, 0.05) is 16.7 Å². The maximum atomic E-state index is 4.98. The van der Waals surface area contributed by atoms with Crippen molar-refractivity contribution in [3.8, 4) is 5.88 Å². The summed E-state index contributed by atoms with van der Waals surface area (Å²) in [7, 11) is 1.62. The van der Waals surface area contributed by atoms with E-state index < -0.39 is 0 Å². The average Bonchev–Trinajstić information content (AvgIpc) is 2.05. The summed E-state index contributed by atoms with van der Waals surface area (Å²) in [5.74, 6) is 0.671. The molecule has 11 heavy (non-hydrogen) atoms. The molecule has 1 aromatic rings. The summed E-state index contributed by atoms with van der Waals surface area (Å²) < 4.78 is 6.02. The van der Waals surface area contributed by atoms with Gasteiger partial charge < -0.3 is 4.74 Å². The first kappa shape index (κ1) is 8.53. The quantitative estimate of drug-likeness (QED) is 0.757. The van der Waals surface area contributed by atoms with Gasteiger partial charge in [-0.15, -0.1) is 0 Å². The molecule has 0 amide bonds. The van der Waals surface area contributed by atoms with Gasteiger partial charge in [-0.1, -0.05) is 6.92 Å². The van der Waals surface area contributed by atoms with Gasteiger partial charge in [0.2, 0.25) is 5.88 Å². The number of nitrogens with zero attached hydrogens (tertiary/aromatic N) is 1. The van der Waals surface area contributed by atoms with E-state index in [0.717, 1.165) is 10.9 Å². The molecule has 0 N–H and O–H groups in total. The third kappa shape index (κ3) is 1.93. The molecule has 0 bridgehead atoms. The molecule has 60 valence electrons. The fourth-order valence-electron chi connectivity index (χ4n) is 0.841. The van der Waals surface area contributed by atoms with Crippen molar-refractivity contribution < 1.29 is 4.74 Å². The summed E-state index contributed by atoms with van der Waals surface area (Å²) in [5, 5.41) is 0. The fourth-order valence-corrected chi connectivity index (χ4v) is 1.34. The number of rotatable bonds is 2. The number of hydrogen-bond acceptors (Lipinski definition) is 2. The predicted octanol–water partition coefficient (Wildman–Crippen LogP) is 2.42. The van der Waals surface area contributed by atoms with Gasteiger partial charge >= 0.3 is 0 Å². The Kier molecular flexibility index (Phi) is 2.88. The summed E-state index contributed by atoms with van der Waals surface area (Å²) in [6, 6.07) is 1.93. The van der Waals surface area contributed by atoms with Crippen LogP contribution in [0.15, 0.2) is 16.7 Å². The Morgan fingerprint density at radius 2 is 2.36 bits per heavy atom. The Labute approximate surface area is 74.7 Å². The van der Waals surface area contributed by atoms with Gasteiger partial charge in [0.25, 0.3) is 0 Å². The minimum Gasteiger partial charge on any atom is -0.481 e. The second kappa shape index (κ2) is 3.72. The van der Waals surface area contributed by atoms with Crippen LogP contribution in [0.3, 0.4) is 0 Å². The fraction of sp³-hybridized carbons (Fsp3) is 0.375. The summed E-state index contributed by atoms with van der Waals surface area (Å²) in [4.78, 5) is 4.04.